The number of carbonyl (C=O) groups excluding carboxylic acids is 3. The molecule has 0 N–H and O–H groups in total. The van der Waals surface area contributed by atoms with Crippen molar-refractivity contribution in [3.8, 4) is 0 Å². The Morgan fingerprint density at radius 1 is 1.38 bits per heavy atom. The van der Waals surface area contributed by atoms with Crippen LogP contribution in [0.2, 0.25) is 5.82 Å². The lowest BCUT2D eigenvalue weighted by molar-refractivity contribution is -0.140. The van der Waals surface area contributed by atoms with Gasteiger partial charge < -0.3 is 9.53 Å². The van der Waals surface area contributed by atoms with Crippen molar-refractivity contribution in [3.05, 3.63) is 0 Å². The first-order chi connectivity index (χ1) is 7.59. The summed E-state index contributed by atoms with van der Waals surface area (Å²) >= 11 is 0. The van der Waals surface area contributed by atoms with Gasteiger partial charge in [0.1, 0.15) is 14.1 Å². The van der Waals surface area contributed by atoms with Crippen molar-refractivity contribution >= 4 is 25.9 Å². The highest BCUT2D eigenvalue weighted by molar-refractivity contribution is 6.30. The average molecular weight is 225 g/mol. The molecule has 0 aromatic carbocycles. The summed E-state index contributed by atoms with van der Waals surface area (Å²) in [6, 6.07) is 0. The fourth-order valence-electron chi connectivity index (χ4n) is 1.64. The summed E-state index contributed by atoms with van der Waals surface area (Å²) in [5.41, 5.74) is 0. The lowest BCUT2D eigenvalue weighted by Crippen LogP contribution is -2.33. The Hall–Kier alpha value is -1.17. The Bertz CT molecular complexity index is 275. The second-order valence-electron chi connectivity index (χ2n) is 3.97. The van der Waals surface area contributed by atoms with Gasteiger partial charge in [0.25, 0.3) is 0 Å². The van der Waals surface area contributed by atoms with E-state index in [9.17, 15) is 14.4 Å². The van der Waals surface area contributed by atoms with E-state index in [1.165, 1.54) is 4.90 Å². The van der Waals surface area contributed by atoms with E-state index in [0.29, 0.717) is 19.6 Å². The van der Waals surface area contributed by atoms with E-state index < -0.39 is 0 Å². The van der Waals surface area contributed by atoms with Crippen molar-refractivity contribution in [1.82, 2.24) is 4.90 Å². The van der Waals surface area contributed by atoms with E-state index in [1.807, 2.05) is 0 Å². The molecule has 1 aliphatic heterocycles. The molecule has 1 heterocycles. The fraction of sp³-hybridized carbons (Fsp3) is 0.700. The molecule has 1 aliphatic rings. The summed E-state index contributed by atoms with van der Waals surface area (Å²) < 4.78 is 5.13. The third-order valence-corrected chi connectivity index (χ3v) is 2.90. The van der Waals surface area contributed by atoms with Gasteiger partial charge in [-0.1, -0.05) is 6.92 Å². The van der Waals surface area contributed by atoms with Gasteiger partial charge in [0.15, 0.2) is 0 Å². The first kappa shape index (κ1) is 12.9. The molecule has 0 aromatic heterocycles. The second-order valence-corrected chi connectivity index (χ2v) is 3.97. The van der Waals surface area contributed by atoms with Crippen LogP contribution in [0, 0.1) is 5.92 Å². The van der Waals surface area contributed by atoms with Crippen LogP contribution in [0.25, 0.3) is 0 Å². The molecule has 6 heteroatoms. The van der Waals surface area contributed by atoms with Crippen molar-refractivity contribution in [3.63, 3.8) is 0 Å². The quantitative estimate of drug-likeness (QED) is 0.252. The van der Waals surface area contributed by atoms with E-state index in [0.717, 1.165) is 6.29 Å². The average Bonchev–Trinajstić information content (AvgIpc) is 2.46. The third kappa shape index (κ3) is 2.69. The number of imide groups is 1. The summed E-state index contributed by atoms with van der Waals surface area (Å²) in [6.07, 6.45) is 1.12. The standard InChI is InChI=1S/C10H16BNO4/c1-7-8(11)10(15)12(9(7)14)3-6-16-5-2-4-13/h4,7-8H,2-3,5-6,11H2,1H3. The predicted octanol–water partition coefficient (Wildman–Crippen LogP) is -0.981. The molecule has 0 spiro atoms. The number of nitrogens with zero attached hydrogens (tertiary/aromatic N) is 1. The molecule has 1 fully saturated rings. The highest BCUT2D eigenvalue weighted by Gasteiger charge is 2.41. The van der Waals surface area contributed by atoms with Crippen molar-refractivity contribution in [2.45, 2.75) is 19.2 Å². The zero-order valence-electron chi connectivity index (χ0n) is 9.64. The molecule has 2 unspecified atom stereocenters. The van der Waals surface area contributed by atoms with Crippen molar-refractivity contribution in [1.29, 1.82) is 0 Å². The lowest BCUT2D eigenvalue weighted by atomic mass is 9.79. The molecule has 0 radical (unpaired) electrons. The van der Waals surface area contributed by atoms with Gasteiger partial charge in [-0.3, -0.25) is 14.5 Å². The first-order valence-electron chi connectivity index (χ1n) is 5.46. The smallest absolute Gasteiger partial charge is 0.232 e. The van der Waals surface area contributed by atoms with Crippen LogP contribution in [-0.2, 0) is 19.1 Å². The van der Waals surface area contributed by atoms with Crippen LogP contribution in [0.3, 0.4) is 0 Å². The van der Waals surface area contributed by atoms with Crippen LogP contribution in [0.5, 0.6) is 0 Å². The van der Waals surface area contributed by atoms with E-state index in [2.05, 4.69) is 0 Å². The summed E-state index contributed by atoms with van der Waals surface area (Å²) in [5, 5.41) is 0. The van der Waals surface area contributed by atoms with Gasteiger partial charge in [-0.2, -0.15) is 0 Å². The molecule has 0 saturated carbocycles. The van der Waals surface area contributed by atoms with Crippen LogP contribution < -0.4 is 0 Å². The molecular weight excluding hydrogens is 209 g/mol. The zero-order valence-corrected chi connectivity index (χ0v) is 9.64. The molecule has 5 nitrogen and oxygen atoms in total. The van der Waals surface area contributed by atoms with Crippen LogP contribution in [0.1, 0.15) is 13.3 Å². The molecule has 16 heavy (non-hydrogen) atoms. The van der Waals surface area contributed by atoms with E-state index >= 15 is 0 Å². The van der Waals surface area contributed by atoms with Crippen LogP contribution in [0.15, 0.2) is 0 Å². The maximum absolute atomic E-state index is 11.6. The summed E-state index contributed by atoms with van der Waals surface area (Å²) in [7, 11) is 1.76. The Balaban J connectivity index is 2.34. The monoisotopic (exact) mass is 225 g/mol. The number of ether oxygens (including phenoxy) is 1. The minimum absolute atomic E-state index is 0.128. The van der Waals surface area contributed by atoms with E-state index in [1.54, 1.807) is 14.8 Å². The number of hydrogen-bond acceptors (Lipinski definition) is 4. The number of hydrogen-bond donors (Lipinski definition) is 0. The first-order valence-corrected chi connectivity index (χ1v) is 5.46. The Labute approximate surface area is 95.5 Å². The Morgan fingerprint density at radius 2 is 2.06 bits per heavy atom. The minimum atomic E-state index is -0.234. The molecule has 2 amide bonds. The van der Waals surface area contributed by atoms with Crippen molar-refractivity contribution < 1.29 is 19.1 Å². The maximum Gasteiger partial charge on any atom is 0.232 e. The van der Waals surface area contributed by atoms with Crippen LogP contribution >= 0.6 is 0 Å². The molecule has 1 rings (SSSR count). The molecule has 2 atom stereocenters. The normalized spacial score (nSPS) is 25.2. The van der Waals surface area contributed by atoms with Gasteiger partial charge in [-0.15, -0.1) is 0 Å². The Kier molecular flexibility index (Phi) is 4.67. The van der Waals surface area contributed by atoms with Gasteiger partial charge in [-0.25, -0.2) is 0 Å². The third-order valence-electron chi connectivity index (χ3n) is 2.90. The predicted molar refractivity (Wildman–Crippen MR) is 59.7 cm³/mol. The van der Waals surface area contributed by atoms with Gasteiger partial charge in [0.2, 0.25) is 11.8 Å². The number of aldehydes is 1. The number of likely N-dealkylation sites (tertiary alicyclic amines) is 1. The van der Waals surface area contributed by atoms with Gasteiger partial charge in [-0.05, 0) is 0 Å². The summed E-state index contributed by atoms with van der Waals surface area (Å²) in [6.45, 7) is 2.68. The lowest BCUT2D eigenvalue weighted by Gasteiger charge is -2.14. The van der Waals surface area contributed by atoms with Gasteiger partial charge in [0.05, 0.1) is 19.8 Å². The van der Waals surface area contributed by atoms with Crippen LogP contribution in [-0.4, -0.2) is 50.6 Å². The molecular formula is C10H16BNO4. The number of amides is 2. The number of carbonyl (C=O) groups is 3. The highest BCUT2D eigenvalue weighted by Crippen LogP contribution is 2.27. The topological polar surface area (TPSA) is 63.7 Å². The maximum atomic E-state index is 11.6. The number of rotatable bonds is 6. The highest BCUT2D eigenvalue weighted by atomic mass is 16.5. The zero-order chi connectivity index (χ0) is 12.1. The summed E-state index contributed by atoms with van der Waals surface area (Å²) in [4.78, 5) is 34.5. The molecule has 1 saturated heterocycles. The van der Waals surface area contributed by atoms with Gasteiger partial charge >= 0.3 is 0 Å². The van der Waals surface area contributed by atoms with Gasteiger partial charge in [0, 0.05) is 18.2 Å². The SMILES string of the molecule is BC1C(=O)N(CCOCCC=O)C(=O)C1C. The van der Waals surface area contributed by atoms with Crippen molar-refractivity contribution in [2.75, 3.05) is 19.8 Å². The van der Waals surface area contributed by atoms with Crippen LogP contribution in [0.4, 0.5) is 0 Å². The molecule has 88 valence electrons. The van der Waals surface area contributed by atoms with E-state index in [4.69, 9.17) is 4.74 Å². The molecule has 0 bridgehead atoms. The van der Waals surface area contributed by atoms with Crippen molar-refractivity contribution in [2.24, 2.45) is 5.92 Å². The molecule has 0 aliphatic carbocycles. The molecule has 0 aromatic rings. The fourth-order valence-corrected chi connectivity index (χ4v) is 1.64. The second kappa shape index (κ2) is 5.79. The Morgan fingerprint density at radius 3 is 2.56 bits per heavy atom. The van der Waals surface area contributed by atoms with E-state index in [-0.39, 0.29) is 30.1 Å². The summed E-state index contributed by atoms with van der Waals surface area (Å²) in [5.74, 6) is -0.724. The minimum Gasteiger partial charge on any atom is -0.379 e. The largest absolute Gasteiger partial charge is 0.379 e.